The van der Waals surface area contributed by atoms with Crippen molar-refractivity contribution < 1.29 is 4.39 Å². The van der Waals surface area contributed by atoms with Gasteiger partial charge in [-0.2, -0.15) is 0 Å². The molecular formula is C27H23FN4. The van der Waals surface area contributed by atoms with Crippen LogP contribution < -0.4 is 5.32 Å². The molecule has 0 bridgehead atoms. The number of aryl methyl sites for hydroxylation is 2. The molecule has 5 aromatic rings. The first kappa shape index (κ1) is 19.9. The molecule has 2 aromatic heterocycles. The van der Waals surface area contributed by atoms with Gasteiger partial charge in [0.2, 0.25) is 0 Å². The van der Waals surface area contributed by atoms with Gasteiger partial charge in [-0.1, -0.05) is 30.3 Å². The number of para-hydroxylation sites is 1. The first-order valence-corrected chi connectivity index (χ1v) is 10.7. The molecular weight excluding hydrogens is 399 g/mol. The summed E-state index contributed by atoms with van der Waals surface area (Å²) >= 11 is 0. The van der Waals surface area contributed by atoms with Gasteiger partial charge >= 0.3 is 0 Å². The predicted octanol–water partition coefficient (Wildman–Crippen LogP) is 6.98. The second kappa shape index (κ2) is 8.27. The zero-order valence-corrected chi connectivity index (χ0v) is 18.0. The van der Waals surface area contributed by atoms with Gasteiger partial charge in [-0.3, -0.25) is 0 Å². The first-order valence-electron chi connectivity index (χ1n) is 10.7. The van der Waals surface area contributed by atoms with Gasteiger partial charge in [0.15, 0.2) is 0 Å². The van der Waals surface area contributed by atoms with Gasteiger partial charge in [0.05, 0.1) is 5.69 Å². The molecule has 0 unspecified atom stereocenters. The lowest BCUT2D eigenvalue weighted by Crippen LogP contribution is -1.99. The molecule has 0 radical (unpaired) electrons. The average Bonchev–Trinajstić information content (AvgIpc) is 3.22. The van der Waals surface area contributed by atoms with Crippen molar-refractivity contribution in [3.05, 3.63) is 96.8 Å². The third-order valence-corrected chi connectivity index (χ3v) is 5.62. The number of fused-ring (bicyclic) bond motifs is 1. The summed E-state index contributed by atoms with van der Waals surface area (Å²) in [4.78, 5) is 9.29. The highest BCUT2D eigenvalue weighted by atomic mass is 19.1. The minimum absolute atomic E-state index is 0.279. The molecule has 0 saturated carbocycles. The van der Waals surface area contributed by atoms with Crippen molar-refractivity contribution in [3.63, 3.8) is 0 Å². The minimum Gasteiger partial charge on any atom is -0.355 e. The van der Waals surface area contributed by atoms with Crippen LogP contribution in [-0.2, 0) is 6.54 Å². The summed E-state index contributed by atoms with van der Waals surface area (Å²) in [5.41, 5.74) is 6.54. The van der Waals surface area contributed by atoms with Gasteiger partial charge in [0.25, 0.3) is 0 Å². The second-order valence-electron chi connectivity index (χ2n) is 7.74. The molecule has 0 aliphatic heterocycles. The average molecular weight is 423 g/mol. The molecule has 0 spiro atoms. The SMILES string of the molecule is CCn1ccc2cc(-c3cnc(C)nc3-c3ccccc3Nc3cccc(F)c3)ccc21. The summed E-state index contributed by atoms with van der Waals surface area (Å²) in [6.45, 7) is 4.96. The normalized spacial score (nSPS) is 11.1. The van der Waals surface area contributed by atoms with E-state index in [1.807, 2.05) is 43.5 Å². The number of nitrogens with one attached hydrogen (secondary N) is 1. The van der Waals surface area contributed by atoms with Crippen LogP contribution in [0.1, 0.15) is 12.7 Å². The lowest BCUT2D eigenvalue weighted by atomic mass is 9.98. The molecule has 3 aromatic carbocycles. The summed E-state index contributed by atoms with van der Waals surface area (Å²) < 4.78 is 16.0. The Morgan fingerprint density at radius 2 is 1.81 bits per heavy atom. The number of rotatable bonds is 5. The predicted molar refractivity (Wildman–Crippen MR) is 128 cm³/mol. The third kappa shape index (κ3) is 3.73. The van der Waals surface area contributed by atoms with Crippen LogP contribution in [0.15, 0.2) is 85.2 Å². The zero-order chi connectivity index (χ0) is 22.1. The van der Waals surface area contributed by atoms with Gasteiger partial charge < -0.3 is 9.88 Å². The Morgan fingerprint density at radius 1 is 0.938 bits per heavy atom. The van der Waals surface area contributed by atoms with Crippen LogP contribution in [0.2, 0.25) is 0 Å². The smallest absolute Gasteiger partial charge is 0.125 e. The summed E-state index contributed by atoms with van der Waals surface area (Å²) in [6.07, 6.45) is 3.99. The second-order valence-corrected chi connectivity index (χ2v) is 7.74. The lowest BCUT2D eigenvalue weighted by molar-refractivity contribution is 0.628. The Kier molecular flexibility index (Phi) is 5.15. The van der Waals surface area contributed by atoms with Crippen LogP contribution in [0.3, 0.4) is 0 Å². The topological polar surface area (TPSA) is 42.7 Å². The van der Waals surface area contributed by atoms with Gasteiger partial charge in [0, 0.05) is 52.3 Å². The van der Waals surface area contributed by atoms with E-state index in [1.165, 1.54) is 23.0 Å². The van der Waals surface area contributed by atoms with E-state index in [0.717, 1.165) is 34.6 Å². The van der Waals surface area contributed by atoms with Crippen LogP contribution in [0, 0.1) is 12.7 Å². The quantitative estimate of drug-likeness (QED) is 0.332. The fourth-order valence-corrected chi connectivity index (χ4v) is 4.05. The summed E-state index contributed by atoms with van der Waals surface area (Å²) in [6, 6.07) is 23.0. The Bertz CT molecular complexity index is 1420. The Hall–Kier alpha value is -3.99. The van der Waals surface area contributed by atoms with Crippen molar-refractivity contribution in [1.82, 2.24) is 14.5 Å². The van der Waals surface area contributed by atoms with Crippen LogP contribution in [-0.4, -0.2) is 14.5 Å². The van der Waals surface area contributed by atoms with E-state index in [4.69, 9.17) is 4.98 Å². The largest absolute Gasteiger partial charge is 0.355 e. The number of halogens is 1. The number of anilines is 2. The number of hydrogen-bond donors (Lipinski definition) is 1. The highest BCUT2D eigenvalue weighted by Crippen LogP contribution is 2.36. The summed E-state index contributed by atoms with van der Waals surface area (Å²) in [7, 11) is 0. The van der Waals surface area contributed by atoms with Crippen molar-refractivity contribution in [1.29, 1.82) is 0 Å². The highest BCUT2D eigenvalue weighted by Gasteiger charge is 2.15. The maximum absolute atomic E-state index is 13.7. The highest BCUT2D eigenvalue weighted by molar-refractivity contribution is 5.92. The van der Waals surface area contributed by atoms with Crippen molar-refractivity contribution >= 4 is 22.3 Å². The van der Waals surface area contributed by atoms with Crippen LogP contribution in [0.5, 0.6) is 0 Å². The monoisotopic (exact) mass is 422 g/mol. The van der Waals surface area contributed by atoms with Crippen molar-refractivity contribution in [2.45, 2.75) is 20.4 Å². The van der Waals surface area contributed by atoms with Crippen LogP contribution >= 0.6 is 0 Å². The standard InChI is InChI=1S/C27H23FN4/c1-3-32-14-13-20-15-19(11-12-26(20)32)24-17-29-18(2)30-27(24)23-9-4-5-10-25(23)31-22-8-6-7-21(28)16-22/h4-17,31H,3H2,1-2H3. The molecule has 5 heteroatoms. The molecule has 0 atom stereocenters. The Morgan fingerprint density at radius 3 is 2.66 bits per heavy atom. The van der Waals surface area contributed by atoms with E-state index in [1.54, 1.807) is 6.07 Å². The van der Waals surface area contributed by atoms with Gasteiger partial charge in [0.1, 0.15) is 11.6 Å². The first-order chi connectivity index (χ1) is 15.6. The lowest BCUT2D eigenvalue weighted by Gasteiger charge is -2.15. The molecule has 0 amide bonds. The minimum atomic E-state index is -0.279. The van der Waals surface area contributed by atoms with Crippen LogP contribution in [0.25, 0.3) is 33.3 Å². The summed E-state index contributed by atoms with van der Waals surface area (Å²) in [5, 5.41) is 4.53. The Labute approximate surface area is 186 Å². The molecule has 32 heavy (non-hydrogen) atoms. The van der Waals surface area contributed by atoms with E-state index < -0.39 is 0 Å². The van der Waals surface area contributed by atoms with Crippen molar-refractivity contribution in [2.24, 2.45) is 0 Å². The van der Waals surface area contributed by atoms with Crippen LogP contribution in [0.4, 0.5) is 15.8 Å². The zero-order valence-electron chi connectivity index (χ0n) is 18.0. The fraction of sp³-hybridized carbons (Fsp3) is 0.111. The number of benzene rings is 3. The molecule has 5 rings (SSSR count). The molecule has 158 valence electrons. The van der Waals surface area contributed by atoms with Crippen molar-refractivity contribution in [2.75, 3.05) is 5.32 Å². The maximum Gasteiger partial charge on any atom is 0.125 e. The van der Waals surface area contributed by atoms with Crippen molar-refractivity contribution in [3.8, 4) is 22.4 Å². The van der Waals surface area contributed by atoms with Gasteiger partial charge in [-0.15, -0.1) is 0 Å². The number of hydrogen-bond acceptors (Lipinski definition) is 3. The van der Waals surface area contributed by atoms with Gasteiger partial charge in [-0.05, 0) is 61.9 Å². The maximum atomic E-state index is 13.7. The van der Waals surface area contributed by atoms with E-state index in [2.05, 4.69) is 52.3 Å². The molecule has 0 saturated heterocycles. The molecule has 1 N–H and O–H groups in total. The number of aromatic nitrogens is 3. The molecule has 4 nitrogen and oxygen atoms in total. The van der Waals surface area contributed by atoms with E-state index in [-0.39, 0.29) is 5.82 Å². The fourth-order valence-electron chi connectivity index (χ4n) is 4.05. The molecule has 0 aliphatic carbocycles. The molecule has 2 heterocycles. The third-order valence-electron chi connectivity index (χ3n) is 5.62. The number of nitrogens with zero attached hydrogens (tertiary/aromatic N) is 3. The molecule has 0 aliphatic rings. The van der Waals surface area contributed by atoms with E-state index >= 15 is 0 Å². The van der Waals surface area contributed by atoms with E-state index in [0.29, 0.717) is 11.5 Å². The summed E-state index contributed by atoms with van der Waals surface area (Å²) in [5.74, 6) is 0.417. The van der Waals surface area contributed by atoms with Gasteiger partial charge in [-0.25, -0.2) is 14.4 Å². The Balaban J connectivity index is 1.64. The molecule has 0 fully saturated rings. The van der Waals surface area contributed by atoms with E-state index in [9.17, 15) is 4.39 Å².